The highest BCUT2D eigenvalue weighted by Crippen LogP contribution is 2.28. The second-order valence-electron chi connectivity index (χ2n) is 5.08. The molecular formula is C19H17N3. The lowest BCUT2D eigenvalue weighted by Gasteiger charge is -2.12. The summed E-state index contributed by atoms with van der Waals surface area (Å²) < 4.78 is 0. The fraction of sp³-hybridized carbons (Fsp3) is 0.105. The van der Waals surface area contributed by atoms with Gasteiger partial charge >= 0.3 is 0 Å². The molecule has 3 nitrogen and oxygen atoms in total. The Morgan fingerprint density at radius 1 is 0.773 bits per heavy atom. The van der Waals surface area contributed by atoms with Crippen molar-refractivity contribution < 1.29 is 0 Å². The molecule has 0 saturated carbocycles. The van der Waals surface area contributed by atoms with E-state index in [9.17, 15) is 0 Å². The Bertz CT molecular complexity index is 712. The molecule has 108 valence electrons. The number of hydrogen-bond acceptors (Lipinski definition) is 3. The molecule has 0 unspecified atom stereocenters. The number of benzene rings is 2. The number of pyridine rings is 1. The third-order valence-corrected chi connectivity index (χ3v) is 3.48. The van der Waals surface area contributed by atoms with Gasteiger partial charge in [0.15, 0.2) is 5.82 Å². The average Bonchev–Trinajstić information content (AvgIpc) is 2.59. The first-order valence-corrected chi connectivity index (χ1v) is 7.27. The van der Waals surface area contributed by atoms with Gasteiger partial charge in [-0.25, -0.2) is 4.98 Å². The molecule has 0 aliphatic carbocycles. The van der Waals surface area contributed by atoms with E-state index in [4.69, 9.17) is 0 Å². The van der Waals surface area contributed by atoms with Gasteiger partial charge in [-0.1, -0.05) is 66.7 Å². The van der Waals surface area contributed by atoms with Crippen LogP contribution in [0.3, 0.4) is 0 Å². The van der Waals surface area contributed by atoms with Crippen LogP contribution in [0, 0.1) is 6.92 Å². The number of aryl methyl sites for hydroxylation is 1. The van der Waals surface area contributed by atoms with Crippen LogP contribution in [0.5, 0.6) is 0 Å². The van der Waals surface area contributed by atoms with Crippen LogP contribution in [0.15, 0.2) is 89.2 Å². The lowest BCUT2D eigenvalue weighted by Crippen LogP contribution is -1.97. The van der Waals surface area contributed by atoms with Crippen molar-refractivity contribution in [1.29, 1.82) is 0 Å². The smallest absolute Gasteiger partial charge is 0.176 e. The lowest BCUT2D eigenvalue weighted by molar-refractivity contribution is 0.803. The van der Waals surface area contributed by atoms with Gasteiger partial charge in [0.1, 0.15) is 6.04 Å². The first kappa shape index (κ1) is 14.1. The van der Waals surface area contributed by atoms with Crippen molar-refractivity contribution in [1.82, 2.24) is 4.98 Å². The molecule has 1 aromatic heterocycles. The van der Waals surface area contributed by atoms with Crippen molar-refractivity contribution in [3.8, 4) is 0 Å². The van der Waals surface area contributed by atoms with E-state index in [2.05, 4.69) is 39.5 Å². The zero-order valence-corrected chi connectivity index (χ0v) is 12.4. The van der Waals surface area contributed by atoms with Gasteiger partial charge in [0.25, 0.3) is 0 Å². The maximum atomic E-state index is 4.56. The molecule has 0 amide bonds. The summed E-state index contributed by atoms with van der Waals surface area (Å²) in [6, 6.07) is 24.1. The third-order valence-electron chi connectivity index (χ3n) is 3.48. The maximum Gasteiger partial charge on any atom is 0.176 e. The summed E-state index contributed by atoms with van der Waals surface area (Å²) in [4.78, 5) is 4.28. The summed E-state index contributed by atoms with van der Waals surface area (Å²) in [7, 11) is 0. The molecule has 0 fully saturated rings. The SMILES string of the molecule is Cc1cccnc1N=NC(c1ccccc1)c1ccccc1. The zero-order valence-electron chi connectivity index (χ0n) is 12.4. The fourth-order valence-corrected chi connectivity index (χ4v) is 2.29. The first-order valence-electron chi connectivity index (χ1n) is 7.27. The van der Waals surface area contributed by atoms with Gasteiger partial charge in [-0.2, -0.15) is 5.11 Å². The maximum absolute atomic E-state index is 4.56. The highest BCUT2D eigenvalue weighted by molar-refractivity contribution is 5.36. The molecule has 22 heavy (non-hydrogen) atoms. The van der Waals surface area contributed by atoms with E-state index in [1.165, 1.54) is 0 Å². The molecule has 0 N–H and O–H groups in total. The number of rotatable bonds is 4. The molecule has 0 aliphatic heterocycles. The van der Waals surface area contributed by atoms with Gasteiger partial charge in [-0.05, 0) is 29.7 Å². The molecule has 3 heteroatoms. The molecule has 2 aromatic carbocycles. The minimum atomic E-state index is -0.121. The summed E-state index contributed by atoms with van der Waals surface area (Å²) in [5.41, 5.74) is 3.25. The second-order valence-corrected chi connectivity index (χ2v) is 5.08. The van der Waals surface area contributed by atoms with E-state index in [0.29, 0.717) is 5.82 Å². The summed E-state index contributed by atoms with van der Waals surface area (Å²) in [5, 5.41) is 8.93. The molecule has 0 spiro atoms. The summed E-state index contributed by atoms with van der Waals surface area (Å²) in [6.07, 6.45) is 1.74. The van der Waals surface area contributed by atoms with Crippen molar-refractivity contribution in [2.24, 2.45) is 10.2 Å². The normalized spacial score (nSPS) is 11.2. The minimum absolute atomic E-state index is 0.121. The molecule has 3 aromatic rings. The van der Waals surface area contributed by atoms with Crippen LogP contribution in [-0.2, 0) is 0 Å². The molecular weight excluding hydrogens is 270 g/mol. The molecule has 3 rings (SSSR count). The van der Waals surface area contributed by atoms with Crippen molar-refractivity contribution >= 4 is 5.82 Å². The number of azo groups is 1. The van der Waals surface area contributed by atoms with Crippen molar-refractivity contribution in [2.45, 2.75) is 13.0 Å². The van der Waals surface area contributed by atoms with Crippen LogP contribution in [0.2, 0.25) is 0 Å². The molecule has 0 saturated heterocycles. The topological polar surface area (TPSA) is 37.6 Å². The van der Waals surface area contributed by atoms with Gasteiger partial charge in [0.05, 0.1) is 0 Å². The van der Waals surface area contributed by atoms with E-state index in [0.717, 1.165) is 16.7 Å². The van der Waals surface area contributed by atoms with E-state index >= 15 is 0 Å². The van der Waals surface area contributed by atoms with Crippen molar-refractivity contribution in [3.63, 3.8) is 0 Å². The molecule has 0 bridgehead atoms. The van der Waals surface area contributed by atoms with Gasteiger partial charge in [0.2, 0.25) is 0 Å². The van der Waals surface area contributed by atoms with E-state index in [1.807, 2.05) is 55.5 Å². The first-order chi connectivity index (χ1) is 10.8. The van der Waals surface area contributed by atoms with E-state index in [-0.39, 0.29) is 6.04 Å². The van der Waals surface area contributed by atoms with Gasteiger partial charge < -0.3 is 0 Å². The van der Waals surface area contributed by atoms with Crippen molar-refractivity contribution in [2.75, 3.05) is 0 Å². The monoisotopic (exact) mass is 287 g/mol. The Kier molecular flexibility index (Phi) is 4.35. The van der Waals surface area contributed by atoms with E-state index < -0.39 is 0 Å². The highest BCUT2D eigenvalue weighted by atomic mass is 15.2. The van der Waals surface area contributed by atoms with Crippen LogP contribution in [-0.4, -0.2) is 4.98 Å². The fourth-order valence-electron chi connectivity index (χ4n) is 2.29. The Labute approximate surface area is 130 Å². The summed E-state index contributed by atoms with van der Waals surface area (Å²) >= 11 is 0. The van der Waals surface area contributed by atoms with Gasteiger partial charge in [0, 0.05) is 6.20 Å². The molecule has 0 atom stereocenters. The predicted octanol–water partition coefficient (Wildman–Crippen LogP) is 5.26. The largest absolute Gasteiger partial charge is 0.235 e. The van der Waals surface area contributed by atoms with Crippen LogP contribution in [0.1, 0.15) is 22.7 Å². The standard InChI is InChI=1S/C19H17N3/c1-15-9-8-14-20-19(15)22-21-18(16-10-4-2-5-11-16)17-12-6-3-7-13-17/h2-14,18H,1H3. The quantitative estimate of drug-likeness (QED) is 0.603. The molecule has 0 radical (unpaired) electrons. The Hall–Kier alpha value is -2.81. The summed E-state index contributed by atoms with van der Waals surface area (Å²) in [6.45, 7) is 1.99. The highest BCUT2D eigenvalue weighted by Gasteiger charge is 2.12. The number of hydrogen-bond donors (Lipinski definition) is 0. The van der Waals surface area contributed by atoms with Crippen LogP contribution in [0.25, 0.3) is 0 Å². The second kappa shape index (κ2) is 6.76. The van der Waals surface area contributed by atoms with Crippen LogP contribution >= 0.6 is 0 Å². The van der Waals surface area contributed by atoms with Crippen LogP contribution < -0.4 is 0 Å². The van der Waals surface area contributed by atoms with Gasteiger partial charge in [-0.3, -0.25) is 0 Å². The molecule has 0 aliphatic rings. The summed E-state index contributed by atoms with van der Waals surface area (Å²) in [5.74, 6) is 0.666. The van der Waals surface area contributed by atoms with Crippen molar-refractivity contribution in [3.05, 3.63) is 95.7 Å². The zero-order chi connectivity index (χ0) is 15.2. The minimum Gasteiger partial charge on any atom is -0.235 e. The Balaban J connectivity index is 1.98. The van der Waals surface area contributed by atoms with E-state index in [1.54, 1.807) is 6.20 Å². The third kappa shape index (κ3) is 3.26. The van der Waals surface area contributed by atoms with Gasteiger partial charge in [-0.15, -0.1) is 5.11 Å². The molecule has 1 heterocycles. The average molecular weight is 287 g/mol. The Morgan fingerprint density at radius 3 is 1.91 bits per heavy atom. The number of nitrogens with zero attached hydrogens (tertiary/aromatic N) is 3. The number of aromatic nitrogens is 1. The van der Waals surface area contributed by atoms with Crippen LogP contribution in [0.4, 0.5) is 5.82 Å². The lowest BCUT2D eigenvalue weighted by atomic mass is 10.00. The predicted molar refractivity (Wildman–Crippen MR) is 88.2 cm³/mol. The Morgan fingerprint density at radius 2 is 1.36 bits per heavy atom.